The fraction of sp³-hybridized carbons (Fsp3) is 0.647. The highest BCUT2D eigenvalue weighted by Crippen LogP contribution is 2.40. The molecule has 5 nitrogen and oxygen atoms in total. The van der Waals surface area contributed by atoms with Crippen LogP contribution < -0.4 is 19.5 Å². The molecule has 2 rings (SSSR count). The van der Waals surface area contributed by atoms with Crippen molar-refractivity contribution >= 4 is 0 Å². The Bertz CT molecular complexity index is 471. The van der Waals surface area contributed by atoms with Gasteiger partial charge in [0.15, 0.2) is 11.5 Å². The summed E-state index contributed by atoms with van der Waals surface area (Å²) in [7, 11) is 7.00. The number of methoxy groups -OCH3 is 3. The van der Waals surface area contributed by atoms with E-state index in [9.17, 15) is 0 Å². The number of likely N-dealkylation sites (tertiary alicyclic amines) is 1. The molecule has 1 N–H and O–H groups in total. The number of nitrogens with one attached hydrogen (secondary N) is 1. The molecular formula is C17H28N2O3. The number of piperidine rings is 1. The predicted molar refractivity (Wildman–Crippen MR) is 88.0 cm³/mol. The van der Waals surface area contributed by atoms with Gasteiger partial charge in [0.25, 0.3) is 0 Å². The maximum absolute atomic E-state index is 5.57. The molecule has 5 heteroatoms. The zero-order valence-corrected chi connectivity index (χ0v) is 14.1. The van der Waals surface area contributed by atoms with Gasteiger partial charge in [-0.05, 0) is 51.5 Å². The molecule has 0 saturated carbocycles. The highest BCUT2D eigenvalue weighted by molar-refractivity contribution is 5.55. The second-order valence-corrected chi connectivity index (χ2v) is 5.77. The Hall–Kier alpha value is -1.46. The molecule has 0 aliphatic carbocycles. The Morgan fingerprint density at radius 1 is 1.05 bits per heavy atom. The fourth-order valence-corrected chi connectivity index (χ4v) is 3.17. The summed E-state index contributed by atoms with van der Waals surface area (Å²) in [6.45, 7) is 4.26. The van der Waals surface area contributed by atoms with E-state index in [-0.39, 0.29) is 0 Å². The van der Waals surface area contributed by atoms with Crippen LogP contribution in [0.5, 0.6) is 17.2 Å². The Morgan fingerprint density at radius 3 is 2.27 bits per heavy atom. The Morgan fingerprint density at radius 2 is 1.73 bits per heavy atom. The lowest BCUT2D eigenvalue weighted by atomic mass is 9.96. The average molecular weight is 308 g/mol. The third kappa shape index (κ3) is 3.84. The highest BCUT2D eigenvalue weighted by Gasteiger charge is 2.22. The van der Waals surface area contributed by atoms with E-state index < -0.39 is 0 Å². The second-order valence-electron chi connectivity index (χ2n) is 5.77. The molecule has 0 amide bonds. The summed E-state index contributed by atoms with van der Waals surface area (Å²) in [6, 6.07) is 4.02. The van der Waals surface area contributed by atoms with Crippen molar-refractivity contribution in [2.24, 2.45) is 5.92 Å². The zero-order chi connectivity index (χ0) is 15.9. The molecule has 1 aliphatic heterocycles. The van der Waals surface area contributed by atoms with E-state index in [0.717, 1.165) is 43.4 Å². The maximum atomic E-state index is 5.57. The van der Waals surface area contributed by atoms with Crippen LogP contribution in [-0.2, 0) is 6.54 Å². The van der Waals surface area contributed by atoms with E-state index in [1.165, 1.54) is 12.8 Å². The molecule has 1 heterocycles. The Kier molecular flexibility index (Phi) is 6.34. The molecule has 1 aliphatic rings. The van der Waals surface area contributed by atoms with Crippen molar-refractivity contribution in [3.8, 4) is 17.2 Å². The van der Waals surface area contributed by atoms with Crippen LogP contribution in [0.1, 0.15) is 18.4 Å². The van der Waals surface area contributed by atoms with Crippen LogP contribution in [0.2, 0.25) is 0 Å². The van der Waals surface area contributed by atoms with Crippen molar-refractivity contribution in [3.63, 3.8) is 0 Å². The molecule has 1 saturated heterocycles. The molecule has 0 aromatic heterocycles. The van der Waals surface area contributed by atoms with E-state index in [1.807, 2.05) is 13.1 Å². The lowest BCUT2D eigenvalue weighted by Crippen LogP contribution is -2.36. The summed E-state index contributed by atoms with van der Waals surface area (Å²) >= 11 is 0. The topological polar surface area (TPSA) is 43.0 Å². The average Bonchev–Trinajstić information content (AvgIpc) is 2.56. The minimum absolute atomic E-state index is 0.674. The number of rotatable bonds is 7. The molecule has 1 fully saturated rings. The van der Waals surface area contributed by atoms with Gasteiger partial charge in [-0.15, -0.1) is 0 Å². The summed E-state index contributed by atoms with van der Waals surface area (Å²) in [6.07, 6.45) is 2.49. The minimum Gasteiger partial charge on any atom is -0.493 e. The monoisotopic (exact) mass is 308 g/mol. The van der Waals surface area contributed by atoms with E-state index in [2.05, 4.69) is 16.3 Å². The predicted octanol–water partition coefficient (Wildman–Crippen LogP) is 2.14. The molecule has 22 heavy (non-hydrogen) atoms. The van der Waals surface area contributed by atoms with Gasteiger partial charge in [0.2, 0.25) is 5.75 Å². The molecule has 0 spiro atoms. The van der Waals surface area contributed by atoms with Gasteiger partial charge in [0.05, 0.1) is 21.3 Å². The lowest BCUT2D eigenvalue weighted by molar-refractivity contribution is 0.174. The summed E-state index contributed by atoms with van der Waals surface area (Å²) in [5.74, 6) is 2.95. The number of nitrogens with zero attached hydrogens (tertiary/aromatic N) is 1. The van der Waals surface area contributed by atoms with Crippen molar-refractivity contribution < 1.29 is 14.2 Å². The first-order valence-electron chi connectivity index (χ1n) is 7.88. The molecule has 0 unspecified atom stereocenters. The number of benzene rings is 1. The van der Waals surface area contributed by atoms with Gasteiger partial charge >= 0.3 is 0 Å². The Balaban J connectivity index is 2.07. The van der Waals surface area contributed by atoms with Crippen LogP contribution in [0.4, 0.5) is 0 Å². The minimum atomic E-state index is 0.674. The van der Waals surface area contributed by atoms with E-state index in [1.54, 1.807) is 21.3 Å². The molecular weight excluding hydrogens is 280 g/mol. The second kappa shape index (κ2) is 8.25. The van der Waals surface area contributed by atoms with Crippen molar-refractivity contribution in [2.45, 2.75) is 19.4 Å². The van der Waals surface area contributed by atoms with E-state index >= 15 is 0 Å². The van der Waals surface area contributed by atoms with Gasteiger partial charge in [0.1, 0.15) is 0 Å². The normalized spacial score (nSPS) is 16.5. The Labute approximate surface area is 133 Å². The molecule has 0 atom stereocenters. The molecule has 124 valence electrons. The molecule has 1 aromatic rings. The summed E-state index contributed by atoms with van der Waals surface area (Å²) in [5.41, 5.74) is 1.15. The lowest BCUT2D eigenvalue weighted by Gasteiger charge is -2.32. The van der Waals surface area contributed by atoms with Crippen molar-refractivity contribution in [2.75, 3.05) is 48.0 Å². The van der Waals surface area contributed by atoms with E-state index in [0.29, 0.717) is 11.5 Å². The van der Waals surface area contributed by atoms with Crippen LogP contribution in [0.15, 0.2) is 12.1 Å². The third-order valence-corrected chi connectivity index (χ3v) is 4.38. The third-order valence-electron chi connectivity index (χ3n) is 4.38. The number of hydrogen-bond acceptors (Lipinski definition) is 5. The van der Waals surface area contributed by atoms with Crippen molar-refractivity contribution in [1.82, 2.24) is 10.2 Å². The zero-order valence-electron chi connectivity index (χ0n) is 14.1. The van der Waals surface area contributed by atoms with Gasteiger partial charge < -0.3 is 19.5 Å². The summed E-state index contributed by atoms with van der Waals surface area (Å²) < 4.78 is 16.4. The van der Waals surface area contributed by atoms with Crippen LogP contribution in [0, 0.1) is 5.92 Å². The van der Waals surface area contributed by atoms with Crippen molar-refractivity contribution in [1.29, 1.82) is 0 Å². The van der Waals surface area contributed by atoms with Crippen LogP contribution in [0.25, 0.3) is 0 Å². The highest BCUT2D eigenvalue weighted by atomic mass is 16.5. The number of hydrogen-bond donors (Lipinski definition) is 1. The maximum Gasteiger partial charge on any atom is 0.203 e. The van der Waals surface area contributed by atoms with Gasteiger partial charge in [-0.25, -0.2) is 0 Å². The van der Waals surface area contributed by atoms with Gasteiger partial charge in [-0.3, -0.25) is 4.90 Å². The number of ether oxygens (including phenoxy) is 3. The quantitative estimate of drug-likeness (QED) is 0.836. The van der Waals surface area contributed by atoms with Crippen LogP contribution in [-0.4, -0.2) is 52.9 Å². The first kappa shape index (κ1) is 16.9. The fourth-order valence-electron chi connectivity index (χ4n) is 3.17. The smallest absolute Gasteiger partial charge is 0.203 e. The first-order valence-corrected chi connectivity index (χ1v) is 7.88. The standard InChI is InChI=1S/C17H28N2O3/c1-18-11-13-7-9-19(10-8-13)12-14-5-6-15(20-2)17(22-4)16(14)21-3/h5-6,13,18H,7-12H2,1-4H3. The largest absolute Gasteiger partial charge is 0.493 e. The van der Waals surface area contributed by atoms with Crippen LogP contribution >= 0.6 is 0 Å². The van der Waals surface area contributed by atoms with Crippen molar-refractivity contribution in [3.05, 3.63) is 17.7 Å². The molecule has 1 aromatic carbocycles. The SMILES string of the molecule is CNCC1CCN(Cc2ccc(OC)c(OC)c2OC)CC1. The van der Waals surface area contributed by atoms with Gasteiger partial charge in [-0.2, -0.15) is 0 Å². The van der Waals surface area contributed by atoms with Crippen LogP contribution in [0.3, 0.4) is 0 Å². The van der Waals surface area contributed by atoms with Gasteiger partial charge in [0, 0.05) is 12.1 Å². The first-order chi connectivity index (χ1) is 10.7. The molecule has 0 radical (unpaired) electrons. The molecule has 0 bridgehead atoms. The summed E-state index contributed by atoms with van der Waals surface area (Å²) in [5, 5.41) is 3.28. The summed E-state index contributed by atoms with van der Waals surface area (Å²) in [4.78, 5) is 2.48. The van der Waals surface area contributed by atoms with E-state index in [4.69, 9.17) is 14.2 Å². The van der Waals surface area contributed by atoms with Gasteiger partial charge in [-0.1, -0.05) is 6.07 Å².